The van der Waals surface area contributed by atoms with Crippen molar-refractivity contribution in [2.75, 3.05) is 19.6 Å². The molecule has 2 heteroatoms. The third kappa shape index (κ3) is 4.01. The summed E-state index contributed by atoms with van der Waals surface area (Å²) in [5, 5.41) is 3.92. The van der Waals surface area contributed by atoms with Crippen LogP contribution in [0.4, 0.5) is 0 Å². The average molecular weight is 295 g/mol. The number of likely N-dealkylation sites (tertiary alicyclic amines) is 1. The molecule has 2 fully saturated rings. The highest BCUT2D eigenvalue weighted by Gasteiger charge is 2.42. The minimum Gasteiger partial charge on any atom is -0.312 e. The Labute approximate surface area is 133 Å². The van der Waals surface area contributed by atoms with Gasteiger partial charge < -0.3 is 5.32 Å². The molecule has 0 amide bonds. The van der Waals surface area contributed by atoms with Gasteiger partial charge in [-0.1, -0.05) is 40.0 Å². The van der Waals surface area contributed by atoms with Crippen molar-refractivity contribution in [3.05, 3.63) is 0 Å². The van der Waals surface area contributed by atoms with Crippen LogP contribution in [0.3, 0.4) is 0 Å². The molecule has 2 nitrogen and oxygen atoms in total. The molecule has 0 bridgehead atoms. The van der Waals surface area contributed by atoms with Gasteiger partial charge >= 0.3 is 0 Å². The predicted octanol–water partition coefficient (Wildman–Crippen LogP) is 4.45. The molecule has 4 atom stereocenters. The van der Waals surface area contributed by atoms with Crippen molar-refractivity contribution in [1.82, 2.24) is 10.2 Å². The van der Waals surface area contributed by atoms with Gasteiger partial charge in [0.15, 0.2) is 0 Å². The molecule has 0 spiro atoms. The van der Waals surface area contributed by atoms with Crippen LogP contribution in [0.25, 0.3) is 0 Å². The molecule has 124 valence electrons. The first kappa shape index (κ1) is 17.3. The molecule has 1 aliphatic heterocycles. The molecule has 4 unspecified atom stereocenters. The van der Waals surface area contributed by atoms with Gasteiger partial charge in [-0.3, -0.25) is 4.90 Å². The fraction of sp³-hybridized carbons (Fsp3) is 1.00. The van der Waals surface area contributed by atoms with Gasteiger partial charge in [-0.2, -0.15) is 0 Å². The van der Waals surface area contributed by atoms with Crippen LogP contribution in [0.5, 0.6) is 0 Å². The van der Waals surface area contributed by atoms with E-state index in [1.807, 2.05) is 0 Å². The minimum atomic E-state index is 0.345. The quantitative estimate of drug-likeness (QED) is 0.779. The van der Waals surface area contributed by atoms with E-state index in [4.69, 9.17) is 0 Å². The molecular weight excluding hydrogens is 256 g/mol. The molecule has 1 N–H and O–H groups in total. The standard InChI is InChI=1S/C19H38N2/c1-5-19(4,21-13-8-7-9-14-21)18(20-6-2)17-12-10-11-16(3)15-17/h16-18,20H,5-15H2,1-4H3. The second-order valence-corrected chi connectivity index (χ2v) is 7.83. The molecule has 1 heterocycles. The summed E-state index contributed by atoms with van der Waals surface area (Å²) in [6.07, 6.45) is 11.3. The van der Waals surface area contributed by atoms with Gasteiger partial charge in [0.1, 0.15) is 0 Å². The second-order valence-electron chi connectivity index (χ2n) is 7.83. The van der Waals surface area contributed by atoms with Crippen LogP contribution in [0.15, 0.2) is 0 Å². The fourth-order valence-corrected chi connectivity index (χ4v) is 4.94. The lowest BCUT2D eigenvalue weighted by molar-refractivity contribution is 0.0125. The summed E-state index contributed by atoms with van der Waals surface area (Å²) >= 11 is 0. The lowest BCUT2D eigenvalue weighted by Gasteiger charge is -2.51. The zero-order chi connectivity index (χ0) is 15.3. The Bertz CT molecular complexity index is 298. The highest BCUT2D eigenvalue weighted by atomic mass is 15.2. The molecule has 21 heavy (non-hydrogen) atoms. The van der Waals surface area contributed by atoms with E-state index in [9.17, 15) is 0 Å². The summed E-state index contributed by atoms with van der Waals surface area (Å²) in [4.78, 5) is 2.82. The van der Waals surface area contributed by atoms with Gasteiger partial charge in [0.25, 0.3) is 0 Å². The van der Waals surface area contributed by atoms with Crippen LogP contribution in [0, 0.1) is 11.8 Å². The van der Waals surface area contributed by atoms with Gasteiger partial charge in [0.05, 0.1) is 0 Å². The van der Waals surface area contributed by atoms with E-state index < -0.39 is 0 Å². The van der Waals surface area contributed by atoms with Crippen LogP contribution >= 0.6 is 0 Å². The molecule has 0 aromatic carbocycles. The van der Waals surface area contributed by atoms with E-state index in [0.29, 0.717) is 11.6 Å². The van der Waals surface area contributed by atoms with Gasteiger partial charge in [0.2, 0.25) is 0 Å². The van der Waals surface area contributed by atoms with Crippen molar-refractivity contribution in [2.24, 2.45) is 11.8 Å². The maximum absolute atomic E-state index is 3.92. The van der Waals surface area contributed by atoms with Crippen LogP contribution in [-0.2, 0) is 0 Å². The van der Waals surface area contributed by atoms with Crippen LogP contribution in [-0.4, -0.2) is 36.1 Å². The van der Waals surface area contributed by atoms with E-state index in [1.165, 1.54) is 64.5 Å². The number of likely N-dealkylation sites (N-methyl/N-ethyl adjacent to an activating group) is 1. The normalized spacial score (nSPS) is 32.6. The topological polar surface area (TPSA) is 15.3 Å². The van der Waals surface area contributed by atoms with Crippen molar-refractivity contribution in [3.63, 3.8) is 0 Å². The van der Waals surface area contributed by atoms with Gasteiger partial charge in [0, 0.05) is 11.6 Å². The first-order valence-electron chi connectivity index (χ1n) is 9.60. The highest BCUT2D eigenvalue weighted by Crippen LogP contribution is 2.38. The van der Waals surface area contributed by atoms with Crippen LogP contribution < -0.4 is 5.32 Å². The smallest absolute Gasteiger partial charge is 0.0334 e. The van der Waals surface area contributed by atoms with Crippen molar-refractivity contribution < 1.29 is 0 Å². The molecule has 1 saturated carbocycles. The molecule has 0 aromatic heterocycles. The molecule has 1 saturated heterocycles. The van der Waals surface area contributed by atoms with Crippen molar-refractivity contribution in [1.29, 1.82) is 0 Å². The number of piperidine rings is 1. The maximum Gasteiger partial charge on any atom is 0.0334 e. The maximum atomic E-state index is 3.92. The van der Waals surface area contributed by atoms with E-state index in [2.05, 4.69) is 37.9 Å². The Morgan fingerprint density at radius 1 is 1.10 bits per heavy atom. The number of nitrogens with zero attached hydrogens (tertiary/aromatic N) is 1. The van der Waals surface area contributed by atoms with Crippen molar-refractivity contribution >= 4 is 0 Å². The predicted molar refractivity (Wildman–Crippen MR) is 92.7 cm³/mol. The van der Waals surface area contributed by atoms with Crippen molar-refractivity contribution in [3.8, 4) is 0 Å². The molecular formula is C19H38N2. The minimum absolute atomic E-state index is 0.345. The van der Waals surface area contributed by atoms with Crippen LogP contribution in [0.1, 0.15) is 79.1 Å². The lowest BCUT2D eigenvalue weighted by Crippen LogP contribution is -2.63. The SMILES string of the molecule is CCNC(C1CCCC(C)C1)C(C)(CC)N1CCCCC1. The zero-order valence-electron chi connectivity index (χ0n) is 15.0. The lowest BCUT2D eigenvalue weighted by atomic mass is 9.71. The largest absolute Gasteiger partial charge is 0.312 e. The summed E-state index contributed by atoms with van der Waals surface area (Å²) in [5.41, 5.74) is 0.345. The first-order valence-corrected chi connectivity index (χ1v) is 9.60. The molecule has 2 rings (SSSR count). The van der Waals surface area contributed by atoms with Crippen LogP contribution in [0.2, 0.25) is 0 Å². The number of hydrogen-bond acceptors (Lipinski definition) is 2. The Balaban J connectivity index is 2.15. The van der Waals surface area contributed by atoms with Crippen molar-refractivity contribution in [2.45, 2.75) is 90.6 Å². The number of rotatable bonds is 6. The average Bonchev–Trinajstić information content (AvgIpc) is 2.52. The number of hydrogen-bond donors (Lipinski definition) is 1. The molecule has 2 aliphatic rings. The summed E-state index contributed by atoms with van der Waals surface area (Å²) in [6, 6.07) is 0.674. The van der Waals surface area contributed by atoms with E-state index in [-0.39, 0.29) is 0 Å². The highest BCUT2D eigenvalue weighted by molar-refractivity contribution is 5.01. The summed E-state index contributed by atoms with van der Waals surface area (Å²) in [5.74, 6) is 1.80. The molecule has 0 radical (unpaired) electrons. The van der Waals surface area contributed by atoms with E-state index in [1.54, 1.807) is 0 Å². The molecule has 1 aliphatic carbocycles. The fourth-order valence-electron chi connectivity index (χ4n) is 4.94. The van der Waals surface area contributed by atoms with E-state index in [0.717, 1.165) is 18.4 Å². The summed E-state index contributed by atoms with van der Waals surface area (Å²) in [6.45, 7) is 13.4. The Morgan fingerprint density at radius 3 is 2.38 bits per heavy atom. The van der Waals surface area contributed by atoms with Gasteiger partial charge in [-0.25, -0.2) is 0 Å². The second kappa shape index (κ2) is 7.97. The Morgan fingerprint density at radius 2 is 1.81 bits per heavy atom. The number of nitrogens with one attached hydrogen (secondary N) is 1. The van der Waals surface area contributed by atoms with E-state index >= 15 is 0 Å². The van der Waals surface area contributed by atoms with Gasteiger partial charge in [-0.15, -0.1) is 0 Å². The third-order valence-corrected chi connectivity index (χ3v) is 6.34. The summed E-state index contributed by atoms with van der Waals surface area (Å²) in [7, 11) is 0. The monoisotopic (exact) mass is 294 g/mol. The Hall–Kier alpha value is -0.0800. The summed E-state index contributed by atoms with van der Waals surface area (Å²) < 4.78 is 0. The van der Waals surface area contributed by atoms with Gasteiger partial charge in [-0.05, 0) is 70.5 Å². The first-order chi connectivity index (χ1) is 10.1. The molecule has 0 aromatic rings. The third-order valence-electron chi connectivity index (χ3n) is 6.34. The Kier molecular flexibility index (Phi) is 6.55. The zero-order valence-corrected chi connectivity index (χ0v) is 15.0.